The molecule has 9 heteroatoms. The molecule has 19 heavy (non-hydrogen) atoms. The van der Waals surface area contributed by atoms with Crippen LogP contribution in [0.3, 0.4) is 0 Å². The molecule has 1 heterocycles. The van der Waals surface area contributed by atoms with Gasteiger partial charge in [-0.2, -0.15) is 5.10 Å². The predicted molar refractivity (Wildman–Crippen MR) is 65.2 cm³/mol. The van der Waals surface area contributed by atoms with E-state index in [-0.39, 0.29) is 12.5 Å². The number of nitrogens with zero attached hydrogens (tertiary/aromatic N) is 2. The van der Waals surface area contributed by atoms with E-state index in [9.17, 15) is 14.4 Å². The molecular formula is C10H15N5O4. The van der Waals surface area contributed by atoms with Crippen LogP contribution in [0.5, 0.6) is 0 Å². The van der Waals surface area contributed by atoms with Crippen molar-refractivity contribution in [2.75, 3.05) is 12.4 Å². The molecule has 5 N–H and O–H groups in total. The van der Waals surface area contributed by atoms with Crippen molar-refractivity contribution in [2.45, 2.75) is 19.0 Å². The van der Waals surface area contributed by atoms with Crippen molar-refractivity contribution in [1.82, 2.24) is 15.1 Å². The highest BCUT2D eigenvalue weighted by molar-refractivity contribution is 5.96. The Kier molecular flexibility index (Phi) is 5.01. The Bertz CT molecular complexity index is 484. The fraction of sp³-hybridized carbons (Fsp3) is 0.400. The van der Waals surface area contributed by atoms with Crippen LogP contribution in [0.15, 0.2) is 12.4 Å². The molecule has 0 aromatic carbocycles. The lowest BCUT2D eigenvalue weighted by Gasteiger charge is -2.08. The van der Waals surface area contributed by atoms with Crippen LogP contribution in [-0.4, -0.2) is 45.8 Å². The molecule has 1 aromatic rings. The van der Waals surface area contributed by atoms with Crippen LogP contribution < -0.4 is 16.4 Å². The minimum absolute atomic E-state index is 0.0214. The van der Waals surface area contributed by atoms with Crippen molar-refractivity contribution in [1.29, 1.82) is 0 Å². The summed E-state index contributed by atoms with van der Waals surface area (Å²) in [5.41, 5.74) is 5.73. The molecule has 1 aromatic heterocycles. The first-order chi connectivity index (χ1) is 8.92. The Labute approximate surface area is 108 Å². The number of aromatic nitrogens is 2. The molecule has 0 saturated carbocycles. The van der Waals surface area contributed by atoms with Gasteiger partial charge in [-0.05, 0) is 0 Å². The Morgan fingerprint density at radius 2 is 2.21 bits per heavy atom. The summed E-state index contributed by atoms with van der Waals surface area (Å²) in [6.45, 7) is 0.0214. The number of hydrogen-bond donors (Lipinski definition) is 4. The zero-order valence-electron chi connectivity index (χ0n) is 10.3. The summed E-state index contributed by atoms with van der Waals surface area (Å²) in [5.74, 6) is -2.01. The van der Waals surface area contributed by atoms with E-state index in [1.807, 2.05) is 0 Å². The number of nitrogens with one attached hydrogen (secondary N) is 2. The summed E-state index contributed by atoms with van der Waals surface area (Å²) in [5, 5.41) is 17.2. The standard InChI is InChI=1S/C10H15N5O4/c1-12-8(16)5-15-4-6(3-13-15)14-10(19)7(11)2-9(17)18/h3-4,7H,2,5,11H2,1H3,(H,12,16)(H,14,19)(H,17,18). The molecule has 0 aliphatic rings. The maximum Gasteiger partial charge on any atom is 0.305 e. The fourth-order valence-corrected chi connectivity index (χ4v) is 1.26. The van der Waals surface area contributed by atoms with Crippen LogP contribution in [0.1, 0.15) is 6.42 Å². The van der Waals surface area contributed by atoms with Gasteiger partial charge in [0.15, 0.2) is 0 Å². The summed E-state index contributed by atoms with van der Waals surface area (Å²) in [6.07, 6.45) is 2.33. The first-order valence-corrected chi connectivity index (χ1v) is 5.43. The third kappa shape index (κ3) is 4.76. The molecule has 104 valence electrons. The van der Waals surface area contributed by atoms with Crippen molar-refractivity contribution in [3.8, 4) is 0 Å². The summed E-state index contributed by atoms with van der Waals surface area (Å²) in [6, 6.07) is -1.14. The lowest BCUT2D eigenvalue weighted by molar-refractivity contribution is -0.138. The van der Waals surface area contributed by atoms with E-state index < -0.39 is 24.3 Å². The summed E-state index contributed by atoms with van der Waals surface area (Å²) in [7, 11) is 1.50. The molecule has 0 fully saturated rings. The average molecular weight is 269 g/mol. The van der Waals surface area contributed by atoms with E-state index in [2.05, 4.69) is 15.7 Å². The molecule has 0 spiro atoms. The average Bonchev–Trinajstić information content (AvgIpc) is 2.75. The molecule has 0 aliphatic carbocycles. The van der Waals surface area contributed by atoms with E-state index in [1.165, 1.54) is 24.1 Å². The van der Waals surface area contributed by atoms with Crippen molar-refractivity contribution in [2.24, 2.45) is 5.73 Å². The largest absolute Gasteiger partial charge is 0.481 e. The second-order valence-electron chi connectivity index (χ2n) is 3.79. The number of carbonyl (C=O) groups is 3. The van der Waals surface area contributed by atoms with E-state index >= 15 is 0 Å². The smallest absolute Gasteiger partial charge is 0.305 e. The molecule has 1 atom stereocenters. The van der Waals surface area contributed by atoms with Crippen molar-refractivity contribution in [3.63, 3.8) is 0 Å². The van der Waals surface area contributed by atoms with Gasteiger partial charge >= 0.3 is 5.97 Å². The first-order valence-electron chi connectivity index (χ1n) is 5.43. The molecule has 1 rings (SSSR count). The highest BCUT2D eigenvalue weighted by Crippen LogP contribution is 2.05. The third-order valence-corrected chi connectivity index (χ3v) is 2.22. The zero-order chi connectivity index (χ0) is 14.4. The minimum atomic E-state index is -1.15. The summed E-state index contributed by atoms with van der Waals surface area (Å²) >= 11 is 0. The summed E-state index contributed by atoms with van der Waals surface area (Å²) in [4.78, 5) is 33.0. The Morgan fingerprint density at radius 1 is 1.53 bits per heavy atom. The lowest BCUT2D eigenvalue weighted by atomic mass is 10.2. The summed E-state index contributed by atoms with van der Waals surface area (Å²) < 4.78 is 1.33. The highest BCUT2D eigenvalue weighted by Gasteiger charge is 2.17. The molecule has 1 unspecified atom stereocenters. The number of likely N-dealkylation sites (N-methyl/N-ethyl adjacent to an activating group) is 1. The fourth-order valence-electron chi connectivity index (χ4n) is 1.26. The van der Waals surface area contributed by atoms with Crippen LogP contribution >= 0.6 is 0 Å². The first kappa shape index (κ1) is 14.6. The number of rotatable bonds is 6. The van der Waals surface area contributed by atoms with Gasteiger partial charge in [-0.25, -0.2) is 0 Å². The number of carboxylic acid groups (broad SMARTS) is 1. The van der Waals surface area contributed by atoms with Gasteiger partial charge in [0.1, 0.15) is 6.54 Å². The van der Waals surface area contributed by atoms with Crippen LogP contribution in [0.4, 0.5) is 5.69 Å². The molecule has 2 amide bonds. The monoisotopic (exact) mass is 269 g/mol. The van der Waals surface area contributed by atoms with E-state index in [1.54, 1.807) is 0 Å². The maximum absolute atomic E-state index is 11.5. The zero-order valence-corrected chi connectivity index (χ0v) is 10.3. The topological polar surface area (TPSA) is 139 Å². The second kappa shape index (κ2) is 6.50. The van der Waals surface area contributed by atoms with Gasteiger partial charge in [0.2, 0.25) is 11.8 Å². The van der Waals surface area contributed by atoms with Crippen molar-refractivity contribution in [3.05, 3.63) is 12.4 Å². The quantitative estimate of drug-likeness (QED) is 0.489. The van der Waals surface area contributed by atoms with Gasteiger partial charge < -0.3 is 21.5 Å². The Balaban J connectivity index is 2.55. The van der Waals surface area contributed by atoms with Gasteiger partial charge in [-0.15, -0.1) is 0 Å². The van der Waals surface area contributed by atoms with Gasteiger partial charge in [0.25, 0.3) is 0 Å². The Hall–Kier alpha value is -2.42. The van der Waals surface area contributed by atoms with Crippen LogP contribution in [-0.2, 0) is 20.9 Å². The number of anilines is 1. The second-order valence-corrected chi connectivity index (χ2v) is 3.79. The molecule has 0 saturated heterocycles. The van der Waals surface area contributed by atoms with Crippen molar-refractivity contribution >= 4 is 23.5 Å². The van der Waals surface area contributed by atoms with Crippen LogP contribution in [0, 0.1) is 0 Å². The van der Waals surface area contributed by atoms with Gasteiger partial charge in [0.05, 0.1) is 24.3 Å². The Morgan fingerprint density at radius 3 is 2.79 bits per heavy atom. The number of carboxylic acids is 1. The normalized spacial score (nSPS) is 11.7. The molecule has 9 nitrogen and oxygen atoms in total. The number of amides is 2. The highest BCUT2D eigenvalue weighted by atomic mass is 16.4. The number of carbonyl (C=O) groups excluding carboxylic acids is 2. The predicted octanol–water partition coefficient (Wildman–Crippen LogP) is -1.63. The number of aliphatic carboxylic acids is 1. The van der Waals surface area contributed by atoms with Crippen LogP contribution in [0.2, 0.25) is 0 Å². The number of nitrogens with two attached hydrogens (primary N) is 1. The molecule has 0 radical (unpaired) electrons. The third-order valence-electron chi connectivity index (χ3n) is 2.22. The van der Waals surface area contributed by atoms with Crippen LogP contribution in [0.25, 0.3) is 0 Å². The lowest BCUT2D eigenvalue weighted by Crippen LogP contribution is -2.37. The van der Waals surface area contributed by atoms with Gasteiger partial charge in [-0.1, -0.05) is 0 Å². The van der Waals surface area contributed by atoms with E-state index in [0.29, 0.717) is 5.69 Å². The molecule has 0 bridgehead atoms. The van der Waals surface area contributed by atoms with E-state index in [4.69, 9.17) is 10.8 Å². The van der Waals surface area contributed by atoms with E-state index in [0.717, 1.165) is 0 Å². The number of hydrogen-bond acceptors (Lipinski definition) is 5. The van der Waals surface area contributed by atoms with Gasteiger partial charge in [-0.3, -0.25) is 19.1 Å². The minimum Gasteiger partial charge on any atom is -0.481 e. The molecule has 0 aliphatic heterocycles. The van der Waals surface area contributed by atoms with Crippen molar-refractivity contribution < 1.29 is 19.5 Å². The SMILES string of the molecule is CNC(=O)Cn1cc(NC(=O)C(N)CC(=O)O)cn1. The molecular weight excluding hydrogens is 254 g/mol. The maximum atomic E-state index is 11.5. The van der Waals surface area contributed by atoms with Gasteiger partial charge in [0, 0.05) is 13.2 Å².